The minimum atomic E-state index is 0.0751. The highest BCUT2D eigenvalue weighted by molar-refractivity contribution is 7.10. The Labute approximate surface area is 121 Å². The minimum absolute atomic E-state index is 0.0751. The molecule has 0 aromatic carbocycles. The van der Waals surface area contributed by atoms with Gasteiger partial charge in [0.05, 0.1) is 6.10 Å². The number of hydrogen-bond acceptors (Lipinski definition) is 3. The number of aryl methyl sites for hydroxylation is 1. The lowest BCUT2D eigenvalue weighted by atomic mass is 9.71. The largest absolute Gasteiger partial charge is 0.368 e. The quantitative estimate of drug-likeness (QED) is 0.893. The second-order valence-corrected chi connectivity index (χ2v) is 7.81. The molecule has 19 heavy (non-hydrogen) atoms. The van der Waals surface area contributed by atoms with Gasteiger partial charge in [-0.3, -0.25) is 0 Å². The molecule has 1 heterocycles. The van der Waals surface area contributed by atoms with Gasteiger partial charge in [0.2, 0.25) is 0 Å². The van der Waals surface area contributed by atoms with Crippen molar-refractivity contribution < 1.29 is 4.74 Å². The second kappa shape index (κ2) is 5.94. The van der Waals surface area contributed by atoms with E-state index in [1.54, 1.807) is 11.3 Å². The normalized spacial score (nSPS) is 28.3. The van der Waals surface area contributed by atoms with Gasteiger partial charge in [0.15, 0.2) is 0 Å². The zero-order valence-corrected chi connectivity index (χ0v) is 13.4. The maximum absolute atomic E-state index is 6.36. The predicted octanol–water partition coefficient (Wildman–Crippen LogP) is 4.29. The van der Waals surface area contributed by atoms with E-state index in [2.05, 4.69) is 39.1 Å². The van der Waals surface area contributed by atoms with Gasteiger partial charge >= 0.3 is 0 Å². The third-order valence-corrected chi connectivity index (χ3v) is 5.22. The lowest BCUT2D eigenvalue weighted by Gasteiger charge is -2.40. The predicted molar refractivity (Wildman–Crippen MR) is 82.5 cm³/mol. The van der Waals surface area contributed by atoms with E-state index in [0.29, 0.717) is 18.1 Å². The van der Waals surface area contributed by atoms with Crippen LogP contribution >= 0.6 is 11.3 Å². The second-order valence-electron chi connectivity index (χ2n) is 6.86. The summed E-state index contributed by atoms with van der Waals surface area (Å²) in [5, 5.41) is 2.13. The lowest BCUT2D eigenvalue weighted by Crippen LogP contribution is -2.34. The zero-order chi connectivity index (χ0) is 14.0. The number of rotatable bonds is 4. The zero-order valence-electron chi connectivity index (χ0n) is 12.6. The van der Waals surface area contributed by atoms with Crippen LogP contribution in [0.1, 0.15) is 56.6 Å². The monoisotopic (exact) mass is 281 g/mol. The summed E-state index contributed by atoms with van der Waals surface area (Å²) < 4.78 is 6.36. The highest BCUT2D eigenvalue weighted by Crippen LogP contribution is 2.41. The molecule has 0 spiro atoms. The third-order valence-electron chi connectivity index (χ3n) is 4.11. The molecule has 1 aliphatic carbocycles. The van der Waals surface area contributed by atoms with Crippen molar-refractivity contribution >= 4 is 11.3 Å². The Hall–Kier alpha value is -0.380. The first-order chi connectivity index (χ1) is 8.91. The highest BCUT2D eigenvalue weighted by atomic mass is 32.1. The molecular weight excluding hydrogens is 254 g/mol. The number of thiophene rings is 1. The molecule has 2 nitrogen and oxygen atoms in total. The minimum Gasteiger partial charge on any atom is -0.368 e. The summed E-state index contributed by atoms with van der Waals surface area (Å²) in [4.78, 5) is 1.30. The van der Waals surface area contributed by atoms with Crippen molar-refractivity contribution in [3.05, 3.63) is 21.9 Å². The summed E-state index contributed by atoms with van der Waals surface area (Å²) in [5.74, 6) is 0.747. The smallest absolute Gasteiger partial charge is 0.104 e. The Morgan fingerprint density at radius 3 is 2.74 bits per heavy atom. The van der Waals surface area contributed by atoms with Crippen molar-refractivity contribution in [2.45, 2.75) is 59.2 Å². The molecule has 3 atom stereocenters. The van der Waals surface area contributed by atoms with Crippen molar-refractivity contribution in [2.75, 3.05) is 6.54 Å². The SMILES string of the molecule is Cc1ccsc1C(CN)OC1CC(C)CC(C)(C)C1. The van der Waals surface area contributed by atoms with Crippen molar-refractivity contribution in [2.24, 2.45) is 17.1 Å². The highest BCUT2D eigenvalue weighted by Gasteiger charge is 2.34. The lowest BCUT2D eigenvalue weighted by molar-refractivity contribution is -0.0624. The average molecular weight is 281 g/mol. The molecule has 2 rings (SSSR count). The molecular formula is C16H27NOS. The van der Waals surface area contributed by atoms with Crippen LogP contribution in [0.25, 0.3) is 0 Å². The van der Waals surface area contributed by atoms with E-state index in [4.69, 9.17) is 10.5 Å². The maximum Gasteiger partial charge on any atom is 0.104 e. The fraction of sp³-hybridized carbons (Fsp3) is 0.750. The van der Waals surface area contributed by atoms with Gasteiger partial charge in [-0.2, -0.15) is 0 Å². The van der Waals surface area contributed by atoms with Crippen LogP contribution in [0, 0.1) is 18.3 Å². The summed E-state index contributed by atoms with van der Waals surface area (Å²) in [6.07, 6.45) is 4.06. The summed E-state index contributed by atoms with van der Waals surface area (Å²) in [6.45, 7) is 9.77. The maximum atomic E-state index is 6.36. The molecule has 0 saturated heterocycles. The number of ether oxygens (including phenoxy) is 1. The van der Waals surface area contributed by atoms with Crippen LogP contribution in [-0.4, -0.2) is 12.6 Å². The van der Waals surface area contributed by atoms with Crippen LogP contribution < -0.4 is 5.73 Å². The van der Waals surface area contributed by atoms with Gasteiger partial charge in [0.1, 0.15) is 6.10 Å². The van der Waals surface area contributed by atoms with E-state index in [9.17, 15) is 0 Å². The first-order valence-corrected chi connectivity index (χ1v) is 8.19. The first kappa shape index (κ1) is 15.0. The van der Waals surface area contributed by atoms with Gasteiger partial charge in [-0.15, -0.1) is 11.3 Å². The molecule has 1 aliphatic rings. The van der Waals surface area contributed by atoms with E-state index in [1.165, 1.54) is 23.3 Å². The molecule has 0 bridgehead atoms. The molecule has 0 aliphatic heterocycles. The summed E-state index contributed by atoms with van der Waals surface area (Å²) in [5.41, 5.74) is 7.64. The molecule has 0 radical (unpaired) electrons. The van der Waals surface area contributed by atoms with Crippen LogP contribution in [0.15, 0.2) is 11.4 Å². The fourth-order valence-electron chi connectivity index (χ4n) is 3.53. The number of nitrogens with two attached hydrogens (primary N) is 1. The Morgan fingerprint density at radius 1 is 1.47 bits per heavy atom. The summed E-state index contributed by atoms with van der Waals surface area (Å²) in [7, 11) is 0. The van der Waals surface area contributed by atoms with Crippen molar-refractivity contribution in [1.82, 2.24) is 0 Å². The van der Waals surface area contributed by atoms with Crippen molar-refractivity contribution in [1.29, 1.82) is 0 Å². The topological polar surface area (TPSA) is 35.2 Å². The van der Waals surface area contributed by atoms with Gasteiger partial charge < -0.3 is 10.5 Å². The average Bonchev–Trinajstić information content (AvgIpc) is 2.69. The molecule has 1 aromatic rings. The van der Waals surface area contributed by atoms with Gasteiger partial charge in [-0.25, -0.2) is 0 Å². The first-order valence-electron chi connectivity index (χ1n) is 7.31. The Kier molecular flexibility index (Phi) is 4.70. The van der Waals surface area contributed by atoms with Crippen LogP contribution in [-0.2, 0) is 4.74 Å². The Bertz CT molecular complexity index is 413. The van der Waals surface area contributed by atoms with Crippen LogP contribution in [0.2, 0.25) is 0 Å². The van der Waals surface area contributed by atoms with Crippen LogP contribution in [0.3, 0.4) is 0 Å². The fourth-order valence-corrected chi connectivity index (χ4v) is 4.51. The molecule has 1 fully saturated rings. The molecule has 3 unspecified atom stereocenters. The van der Waals surface area contributed by atoms with Gasteiger partial charge in [-0.1, -0.05) is 20.8 Å². The number of hydrogen-bond donors (Lipinski definition) is 1. The van der Waals surface area contributed by atoms with Gasteiger partial charge in [0.25, 0.3) is 0 Å². The van der Waals surface area contributed by atoms with E-state index in [-0.39, 0.29) is 6.10 Å². The van der Waals surface area contributed by atoms with E-state index in [0.717, 1.165) is 12.3 Å². The molecule has 1 aromatic heterocycles. The Morgan fingerprint density at radius 2 is 2.21 bits per heavy atom. The van der Waals surface area contributed by atoms with Crippen molar-refractivity contribution in [3.8, 4) is 0 Å². The van der Waals surface area contributed by atoms with Gasteiger partial charge in [0, 0.05) is 11.4 Å². The van der Waals surface area contributed by atoms with E-state index in [1.807, 2.05) is 0 Å². The van der Waals surface area contributed by atoms with Crippen LogP contribution in [0.5, 0.6) is 0 Å². The van der Waals surface area contributed by atoms with Gasteiger partial charge in [-0.05, 0) is 54.5 Å². The molecule has 0 amide bonds. The summed E-state index contributed by atoms with van der Waals surface area (Å²) in [6, 6.07) is 2.15. The Balaban J connectivity index is 2.04. The molecule has 2 N–H and O–H groups in total. The third kappa shape index (κ3) is 3.80. The van der Waals surface area contributed by atoms with Crippen LogP contribution in [0.4, 0.5) is 0 Å². The summed E-state index contributed by atoms with van der Waals surface area (Å²) >= 11 is 1.77. The van der Waals surface area contributed by atoms with E-state index < -0.39 is 0 Å². The van der Waals surface area contributed by atoms with Crippen molar-refractivity contribution in [3.63, 3.8) is 0 Å². The molecule has 1 saturated carbocycles. The molecule has 3 heteroatoms. The van der Waals surface area contributed by atoms with E-state index >= 15 is 0 Å². The standard InChI is InChI=1S/C16H27NOS/c1-11-7-13(9-16(3,4)8-11)18-14(10-17)15-12(2)5-6-19-15/h5-6,11,13-14H,7-10,17H2,1-4H3. The molecule has 108 valence electrons.